The molecule has 1 saturated heterocycles. The molecule has 1 aromatic heterocycles. The number of aromatic nitrogens is 3. The van der Waals surface area contributed by atoms with Crippen LogP contribution in [0.3, 0.4) is 0 Å². The van der Waals surface area contributed by atoms with E-state index in [0.717, 1.165) is 32.7 Å². The maximum Gasteiger partial charge on any atom is 0.0791 e. The Morgan fingerprint density at radius 2 is 2.18 bits per heavy atom. The van der Waals surface area contributed by atoms with Gasteiger partial charge in [-0.15, -0.1) is 5.10 Å². The average molecular weight is 239 g/mol. The van der Waals surface area contributed by atoms with Crippen LogP contribution in [0.2, 0.25) is 0 Å². The predicted molar refractivity (Wildman–Crippen MR) is 64.6 cm³/mol. The molecule has 0 radical (unpaired) electrons. The Kier molecular flexibility index (Phi) is 4.90. The van der Waals surface area contributed by atoms with Gasteiger partial charge in [0.1, 0.15) is 0 Å². The lowest BCUT2D eigenvalue weighted by atomic mass is 10.3. The van der Waals surface area contributed by atoms with Crippen molar-refractivity contribution >= 4 is 0 Å². The van der Waals surface area contributed by atoms with Crippen LogP contribution in [0.4, 0.5) is 0 Å². The minimum Gasteiger partial charge on any atom is -0.390 e. The van der Waals surface area contributed by atoms with Crippen molar-refractivity contribution in [2.45, 2.75) is 25.5 Å². The monoisotopic (exact) mass is 239 g/mol. The molecule has 0 aliphatic carbocycles. The van der Waals surface area contributed by atoms with Crippen LogP contribution in [-0.2, 0) is 6.54 Å². The summed E-state index contributed by atoms with van der Waals surface area (Å²) < 4.78 is 1.78. The van der Waals surface area contributed by atoms with Gasteiger partial charge in [-0.25, -0.2) is 0 Å². The van der Waals surface area contributed by atoms with Crippen molar-refractivity contribution in [3.8, 4) is 0 Å². The van der Waals surface area contributed by atoms with Crippen molar-refractivity contribution in [1.82, 2.24) is 25.2 Å². The molecule has 96 valence electrons. The number of aliphatic hydroxyl groups is 1. The first-order chi connectivity index (χ1) is 8.34. The molecule has 0 saturated carbocycles. The summed E-state index contributed by atoms with van der Waals surface area (Å²) >= 11 is 0. The van der Waals surface area contributed by atoms with Gasteiger partial charge in [0, 0.05) is 25.8 Å². The quantitative estimate of drug-likeness (QED) is 0.617. The van der Waals surface area contributed by atoms with Crippen molar-refractivity contribution in [1.29, 1.82) is 0 Å². The van der Waals surface area contributed by atoms with E-state index in [0.29, 0.717) is 6.54 Å². The zero-order valence-corrected chi connectivity index (χ0v) is 10.1. The van der Waals surface area contributed by atoms with Crippen LogP contribution in [0.1, 0.15) is 12.8 Å². The highest BCUT2D eigenvalue weighted by molar-refractivity contribution is 4.71. The number of hydrogen-bond donors (Lipinski definition) is 2. The lowest BCUT2D eigenvalue weighted by molar-refractivity contribution is 0.123. The molecule has 1 aliphatic heterocycles. The zero-order valence-electron chi connectivity index (χ0n) is 10.1. The maximum absolute atomic E-state index is 9.83. The topological polar surface area (TPSA) is 66.2 Å². The van der Waals surface area contributed by atoms with Gasteiger partial charge >= 0.3 is 0 Å². The molecule has 2 N–H and O–H groups in total. The maximum atomic E-state index is 9.83. The van der Waals surface area contributed by atoms with E-state index in [4.69, 9.17) is 0 Å². The van der Waals surface area contributed by atoms with E-state index in [1.165, 1.54) is 12.8 Å². The van der Waals surface area contributed by atoms with Crippen LogP contribution >= 0.6 is 0 Å². The molecule has 1 aliphatic rings. The summed E-state index contributed by atoms with van der Waals surface area (Å²) in [5.74, 6) is 0. The highest BCUT2D eigenvalue weighted by Gasteiger charge is 2.15. The third-order valence-corrected chi connectivity index (χ3v) is 3.04. The molecule has 0 aromatic carbocycles. The summed E-state index contributed by atoms with van der Waals surface area (Å²) in [7, 11) is 0. The lowest BCUT2D eigenvalue weighted by Crippen LogP contribution is -2.37. The smallest absolute Gasteiger partial charge is 0.0791 e. The lowest BCUT2D eigenvalue weighted by Gasteiger charge is -2.19. The molecule has 1 atom stereocenters. The fraction of sp³-hybridized carbons (Fsp3) is 0.818. The largest absolute Gasteiger partial charge is 0.390 e. The van der Waals surface area contributed by atoms with Gasteiger partial charge in [-0.3, -0.25) is 4.68 Å². The number of rotatable bonds is 7. The van der Waals surface area contributed by atoms with Crippen LogP contribution in [0, 0.1) is 0 Å². The molecular formula is C11H21N5O. The average Bonchev–Trinajstić information content (AvgIpc) is 2.96. The second-order valence-corrected chi connectivity index (χ2v) is 4.53. The molecule has 0 bridgehead atoms. The summed E-state index contributed by atoms with van der Waals surface area (Å²) in [4.78, 5) is 2.32. The van der Waals surface area contributed by atoms with Crippen LogP contribution in [0.5, 0.6) is 0 Å². The summed E-state index contributed by atoms with van der Waals surface area (Å²) in [6.07, 6.45) is 5.77. The normalized spacial score (nSPS) is 18.6. The van der Waals surface area contributed by atoms with Crippen molar-refractivity contribution < 1.29 is 5.11 Å². The molecular weight excluding hydrogens is 218 g/mol. The van der Waals surface area contributed by atoms with Gasteiger partial charge in [0.05, 0.1) is 18.8 Å². The van der Waals surface area contributed by atoms with Gasteiger partial charge in [-0.2, -0.15) is 0 Å². The fourth-order valence-electron chi connectivity index (χ4n) is 2.14. The zero-order chi connectivity index (χ0) is 11.9. The van der Waals surface area contributed by atoms with Gasteiger partial charge in [-0.05, 0) is 25.9 Å². The first-order valence-corrected chi connectivity index (χ1v) is 6.30. The Balaban J connectivity index is 1.52. The van der Waals surface area contributed by atoms with Crippen LogP contribution < -0.4 is 5.32 Å². The number of aliphatic hydroxyl groups excluding tert-OH is 1. The van der Waals surface area contributed by atoms with Gasteiger partial charge in [0.25, 0.3) is 0 Å². The molecule has 2 heterocycles. The van der Waals surface area contributed by atoms with E-state index in [1.54, 1.807) is 10.9 Å². The van der Waals surface area contributed by atoms with Crippen molar-refractivity contribution in [3.63, 3.8) is 0 Å². The Hall–Kier alpha value is -0.980. The number of β-amino-alcohol motifs (C(OH)–C–C–N with tert-alkyl or cyclic N) is 1. The van der Waals surface area contributed by atoms with E-state index in [-0.39, 0.29) is 6.10 Å². The fourth-order valence-corrected chi connectivity index (χ4v) is 2.14. The molecule has 1 fully saturated rings. The van der Waals surface area contributed by atoms with E-state index in [2.05, 4.69) is 20.5 Å². The molecule has 6 nitrogen and oxygen atoms in total. The van der Waals surface area contributed by atoms with E-state index < -0.39 is 0 Å². The minimum absolute atomic E-state index is 0.274. The Morgan fingerprint density at radius 1 is 1.35 bits per heavy atom. The number of nitrogens with one attached hydrogen (secondary N) is 1. The van der Waals surface area contributed by atoms with E-state index in [9.17, 15) is 5.11 Å². The second kappa shape index (κ2) is 6.68. The molecule has 0 spiro atoms. The van der Waals surface area contributed by atoms with Crippen molar-refractivity contribution in [3.05, 3.63) is 12.4 Å². The summed E-state index contributed by atoms with van der Waals surface area (Å²) in [5, 5.41) is 20.7. The molecule has 17 heavy (non-hydrogen) atoms. The molecule has 6 heteroatoms. The highest BCUT2D eigenvalue weighted by atomic mass is 16.3. The van der Waals surface area contributed by atoms with Crippen molar-refractivity contribution in [2.24, 2.45) is 0 Å². The third kappa shape index (κ3) is 4.41. The summed E-state index contributed by atoms with van der Waals surface area (Å²) in [6.45, 7) is 5.30. The summed E-state index contributed by atoms with van der Waals surface area (Å²) in [5.41, 5.74) is 0. The highest BCUT2D eigenvalue weighted by Crippen LogP contribution is 2.07. The Labute approximate surface area is 102 Å². The van der Waals surface area contributed by atoms with Gasteiger partial charge in [-0.1, -0.05) is 5.21 Å². The standard InChI is InChI=1S/C11H21N5O/c17-11(10-15-5-1-2-6-15)9-12-3-7-16-8-4-13-14-16/h4,8,11-12,17H,1-3,5-7,9-10H2. The summed E-state index contributed by atoms with van der Waals surface area (Å²) in [6, 6.07) is 0. The molecule has 2 rings (SSSR count). The van der Waals surface area contributed by atoms with Crippen LogP contribution in [0.25, 0.3) is 0 Å². The first-order valence-electron chi connectivity index (χ1n) is 6.30. The van der Waals surface area contributed by atoms with Crippen LogP contribution in [-0.4, -0.2) is 63.8 Å². The molecule has 0 amide bonds. The number of hydrogen-bond acceptors (Lipinski definition) is 5. The predicted octanol–water partition coefficient (Wildman–Crippen LogP) is -0.676. The van der Waals surface area contributed by atoms with Crippen LogP contribution in [0.15, 0.2) is 12.4 Å². The molecule has 1 aromatic rings. The van der Waals surface area contributed by atoms with Gasteiger partial charge in [0.2, 0.25) is 0 Å². The van der Waals surface area contributed by atoms with E-state index >= 15 is 0 Å². The van der Waals surface area contributed by atoms with Gasteiger partial charge in [0.15, 0.2) is 0 Å². The van der Waals surface area contributed by atoms with Crippen molar-refractivity contribution in [2.75, 3.05) is 32.7 Å². The first kappa shape index (κ1) is 12.5. The number of nitrogens with zero attached hydrogens (tertiary/aromatic N) is 4. The van der Waals surface area contributed by atoms with E-state index in [1.807, 2.05) is 6.20 Å². The number of likely N-dealkylation sites (tertiary alicyclic amines) is 1. The van der Waals surface area contributed by atoms with Gasteiger partial charge < -0.3 is 15.3 Å². The third-order valence-electron chi connectivity index (χ3n) is 3.04. The minimum atomic E-state index is -0.274. The SMILES string of the molecule is OC(CNCCn1ccnn1)CN1CCCC1. The molecule has 1 unspecified atom stereocenters. The Bertz CT molecular complexity index is 297. The second-order valence-electron chi connectivity index (χ2n) is 4.53. The Morgan fingerprint density at radius 3 is 2.88 bits per heavy atom.